The van der Waals surface area contributed by atoms with Crippen molar-refractivity contribution in [3.63, 3.8) is 0 Å². The fraction of sp³-hybridized carbons (Fsp3) is 0.630. The third-order valence-corrected chi connectivity index (χ3v) is 9.78. The number of amides is 2. The second kappa shape index (κ2) is 12.3. The zero-order valence-electron chi connectivity index (χ0n) is 23.5. The Labute approximate surface area is 238 Å². The average molecular weight is 573 g/mol. The Hall–Kier alpha value is -2.54. The first-order valence-corrected chi connectivity index (χ1v) is 15.5. The summed E-state index contributed by atoms with van der Waals surface area (Å²) < 4.78 is 2.14. The van der Waals surface area contributed by atoms with E-state index in [9.17, 15) is 9.59 Å². The molecule has 0 saturated carbocycles. The maximum absolute atomic E-state index is 12.9. The number of nitrogens with one attached hydrogen (secondary N) is 2. The highest BCUT2D eigenvalue weighted by atomic mass is 32.1. The zero-order valence-corrected chi connectivity index (χ0v) is 25.1. The molecule has 39 heavy (non-hydrogen) atoms. The predicted octanol–water partition coefficient (Wildman–Crippen LogP) is 3.15. The number of rotatable bonds is 10. The summed E-state index contributed by atoms with van der Waals surface area (Å²) in [4.78, 5) is 43.4. The molecular weight excluding hydrogens is 532 g/mol. The third-order valence-electron chi connectivity index (χ3n) is 7.86. The van der Waals surface area contributed by atoms with Crippen molar-refractivity contribution >= 4 is 65.2 Å². The van der Waals surface area contributed by atoms with E-state index < -0.39 is 0 Å². The van der Waals surface area contributed by atoms with Crippen LogP contribution in [0.1, 0.15) is 31.2 Å². The molecule has 2 aliphatic rings. The summed E-state index contributed by atoms with van der Waals surface area (Å²) in [5, 5.41) is 8.01. The summed E-state index contributed by atoms with van der Waals surface area (Å²) in [5.41, 5.74) is 2.85. The highest BCUT2D eigenvalue weighted by Crippen LogP contribution is 2.37. The molecule has 0 spiro atoms. The molecule has 2 saturated heterocycles. The number of anilines is 2. The number of aromatic nitrogens is 2. The molecule has 12 heteroatoms. The van der Waals surface area contributed by atoms with E-state index in [1.54, 1.807) is 22.7 Å². The van der Waals surface area contributed by atoms with Crippen LogP contribution < -0.4 is 10.6 Å². The largest absolute Gasteiger partial charge is 0.352 e. The van der Waals surface area contributed by atoms with E-state index in [1.807, 2.05) is 16.7 Å². The number of likely N-dealkylation sites (tertiary alicyclic amines) is 2. The molecule has 10 nitrogen and oxygen atoms in total. The Bertz CT molecular complexity index is 1310. The van der Waals surface area contributed by atoms with Crippen LogP contribution in [-0.4, -0.2) is 121 Å². The van der Waals surface area contributed by atoms with Gasteiger partial charge in [-0.1, -0.05) is 22.7 Å². The van der Waals surface area contributed by atoms with Crippen molar-refractivity contribution in [1.29, 1.82) is 0 Å². The maximum atomic E-state index is 12.9. The summed E-state index contributed by atoms with van der Waals surface area (Å²) in [6, 6.07) is 2.66. The van der Waals surface area contributed by atoms with Gasteiger partial charge in [0.15, 0.2) is 10.3 Å². The van der Waals surface area contributed by atoms with Crippen molar-refractivity contribution < 1.29 is 9.59 Å². The van der Waals surface area contributed by atoms with Gasteiger partial charge in [-0.3, -0.25) is 9.59 Å². The zero-order chi connectivity index (χ0) is 27.5. The smallest absolute Gasteiger partial charge is 0.241 e. The van der Waals surface area contributed by atoms with Crippen molar-refractivity contribution in [1.82, 2.24) is 29.6 Å². The first-order valence-electron chi connectivity index (χ1n) is 13.9. The molecule has 2 aliphatic heterocycles. The Morgan fingerprint density at radius 2 is 1.38 bits per heavy atom. The highest BCUT2D eigenvalue weighted by molar-refractivity contribution is 7.24. The molecule has 0 atom stereocenters. The number of aryl methyl sites for hydroxylation is 1. The van der Waals surface area contributed by atoms with E-state index in [1.165, 1.54) is 0 Å². The lowest BCUT2D eigenvalue weighted by Gasteiger charge is -2.37. The van der Waals surface area contributed by atoms with Gasteiger partial charge in [0, 0.05) is 50.9 Å². The van der Waals surface area contributed by atoms with Crippen LogP contribution in [-0.2, 0) is 9.59 Å². The number of thiazole rings is 2. The molecule has 2 N–H and O–H groups in total. The number of benzene rings is 1. The lowest BCUT2D eigenvalue weighted by atomic mass is 10.0. The van der Waals surface area contributed by atoms with E-state index >= 15 is 0 Å². The summed E-state index contributed by atoms with van der Waals surface area (Å²) in [5.74, 6) is 0.260. The van der Waals surface area contributed by atoms with Crippen molar-refractivity contribution in [3.05, 3.63) is 11.6 Å². The van der Waals surface area contributed by atoms with Crippen LogP contribution in [0.5, 0.6) is 0 Å². The molecule has 2 amide bonds. The van der Waals surface area contributed by atoms with Crippen molar-refractivity contribution in [2.24, 2.45) is 0 Å². The van der Waals surface area contributed by atoms with Crippen LogP contribution in [0, 0.1) is 6.92 Å². The van der Waals surface area contributed by atoms with Crippen molar-refractivity contribution in [3.8, 4) is 0 Å². The third kappa shape index (κ3) is 6.62. The maximum Gasteiger partial charge on any atom is 0.241 e. The van der Waals surface area contributed by atoms with Crippen LogP contribution in [0.25, 0.3) is 20.4 Å². The van der Waals surface area contributed by atoms with Gasteiger partial charge < -0.3 is 30.2 Å². The molecular formula is C27H40N8O2S2. The molecule has 2 aromatic heterocycles. The van der Waals surface area contributed by atoms with Gasteiger partial charge in [-0.25, -0.2) is 9.97 Å². The minimum Gasteiger partial charge on any atom is -0.352 e. The first-order chi connectivity index (χ1) is 18.8. The van der Waals surface area contributed by atoms with Gasteiger partial charge in [0.05, 0.1) is 33.5 Å². The summed E-state index contributed by atoms with van der Waals surface area (Å²) >= 11 is 3.13. The Balaban J connectivity index is 1.15. The fourth-order valence-electron chi connectivity index (χ4n) is 5.37. The Kier molecular flexibility index (Phi) is 8.85. The average Bonchev–Trinajstić information content (AvgIpc) is 3.69. The summed E-state index contributed by atoms with van der Waals surface area (Å²) in [7, 11) is 6.39. The molecule has 4 heterocycles. The lowest BCUT2D eigenvalue weighted by Crippen LogP contribution is -2.48. The number of nitrogens with zero attached hydrogens (tertiary/aromatic N) is 6. The molecule has 0 unspecified atom stereocenters. The molecule has 1 aromatic carbocycles. The minimum absolute atomic E-state index is 0.127. The van der Waals surface area contributed by atoms with E-state index in [4.69, 9.17) is 9.97 Å². The lowest BCUT2D eigenvalue weighted by molar-refractivity contribution is -0.131. The van der Waals surface area contributed by atoms with Gasteiger partial charge in [0.25, 0.3) is 0 Å². The molecule has 0 aliphatic carbocycles. The number of hydrogen-bond donors (Lipinski definition) is 2. The number of carbonyl (C=O) groups is 2. The van der Waals surface area contributed by atoms with E-state index in [-0.39, 0.29) is 24.9 Å². The number of piperidine rings is 1. The molecule has 0 radical (unpaired) electrons. The molecule has 3 aromatic rings. The van der Waals surface area contributed by atoms with Crippen LogP contribution in [0.3, 0.4) is 0 Å². The minimum atomic E-state index is 0.127. The Morgan fingerprint density at radius 1 is 0.872 bits per heavy atom. The van der Waals surface area contributed by atoms with Crippen molar-refractivity contribution in [2.75, 3.05) is 84.1 Å². The monoisotopic (exact) mass is 572 g/mol. The summed E-state index contributed by atoms with van der Waals surface area (Å²) in [6.07, 6.45) is 4.22. The number of likely N-dealkylation sites (N-methyl/N-ethyl adjacent to an activating group) is 2. The molecule has 212 valence electrons. The molecule has 0 bridgehead atoms. The second-order valence-electron chi connectivity index (χ2n) is 10.9. The first kappa shape index (κ1) is 28.0. The van der Waals surface area contributed by atoms with E-state index in [0.717, 1.165) is 101 Å². The van der Waals surface area contributed by atoms with Gasteiger partial charge in [-0.05, 0) is 59.8 Å². The van der Waals surface area contributed by atoms with Crippen LogP contribution in [0.2, 0.25) is 0 Å². The number of fused-ring (bicyclic) bond motifs is 2. The normalized spacial score (nSPS) is 16.8. The fourth-order valence-corrected chi connectivity index (χ4v) is 7.37. The predicted molar refractivity (Wildman–Crippen MR) is 161 cm³/mol. The van der Waals surface area contributed by atoms with E-state index in [0.29, 0.717) is 6.04 Å². The van der Waals surface area contributed by atoms with Crippen molar-refractivity contribution in [2.45, 2.75) is 38.6 Å². The van der Waals surface area contributed by atoms with Gasteiger partial charge >= 0.3 is 0 Å². The Morgan fingerprint density at radius 3 is 1.90 bits per heavy atom. The van der Waals surface area contributed by atoms with E-state index in [2.05, 4.69) is 47.6 Å². The number of carbonyl (C=O) groups excluding carboxylic acids is 2. The van der Waals surface area contributed by atoms with Crippen LogP contribution >= 0.6 is 22.7 Å². The van der Waals surface area contributed by atoms with Gasteiger partial charge in [-0.2, -0.15) is 0 Å². The quantitative estimate of drug-likeness (QED) is 0.383. The molecule has 2 fully saturated rings. The highest BCUT2D eigenvalue weighted by Gasteiger charge is 2.25. The van der Waals surface area contributed by atoms with Gasteiger partial charge in [0.2, 0.25) is 11.8 Å². The summed E-state index contributed by atoms with van der Waals surface area (Å²) in [6.45, 7) is 7.99. The number of hydrogen-bond acceptors (Lipinski definition) is 10. The molecule has 5 rings (SSSR count). The standard InChI is InChI=1S/C27H40N8O2S2/c1-18-24-20(38-26(30-24)28-16-22(36)34-9-5-6-10-34)15-21-25(18)31-27(39-21)29-17-23(37)35-11-7-19(8-12-35)33(4)14-13-32(2)3/h15,19H,5-14,16-17H2,1-4H3,(H,28,30)(H,29,31). The van der Waals surface area contributed by atoms with Crippen LogP contribution in [0.15, 0.2) is 6.07 Å². The van der Waals surface area contributed by atoms with Gasteiger partial charge in [0.1, 0.15) is 0 Å². The van der Waals surface area contributed by atoms with Gasteiger partial charge in [-0.15, -0.1) is 0 Å². The second-order valence-corrected chi connectivity index (χ2v) is 13.0. The van der Waals surface area contributed by atoms with Crippen LogP contribution in [0.4, 0.5) is 10.3 Å². The SMILES string of the molecule is Cc1c2nc(NCC(=O)N3CCCC3)sc2cc2sc(NCC(=O)N3CCC(N(C)CCN(C)C)CC3)nc12. The topological polar surface area (TPSA) is 96.9 Å².